The molecule has 1 aliphatic rings. The number of benzene rings is 3. The highest BCUT2D eigenvalue weighted by Gasteiger charge is 2.23. The summed E-state index contributed by atoms with van der Waals surface area (Å²) in [5, 5.41) is 0. The van der Waals surface area contributed by atoms with Crippen molar-refractivity contribution in [3.8, 4) is 11.8 Å². The second-order valence-electron chi connectivity index (χ2n) is 6.92. The van der Waals surface area contributed by atoms with Crippen LogP contribution in [-0.4, -0.2) is 37.0 Å². The van der Waals surface area contributed by atoms with E-state index in [4.69, 9.17) is 0 Å². The quantitative estimate of drug-likeness (QED) is 0.619. The molecule has 1 aliphatic heterocycles. The number of carbonyl (C=O) groups is 1. The van der Waals surface area contributed by atoms with E-state index in [1.54, 1.807) is 12.1 Å². The summed E-state index contributed by atoms with van der Waals surface area (Å²) in [4.78, 5) is 16.6. The van der Waals surface area contributed by atoms with Crippen molar-refractivity contribution in [3.05, 3.63) is 101 Å². The van der Waals surface area contributed by atoms with Crippen molar-refractivity contribution in [2.45, 2.75) is 0 Å². The highest BCUT2D eigenvalue weighted by molar-refractivity contribution is 5.94. The van der Waals surface area contributed by atoms with E-state index in [1.807, 2.05) is 70.5 Å². The van der Waals surface area contributed by atoms with Gasteiger partial charge in [0, 0.05) is 42.9 Å². The topological polar surface area (TPSA) is 23.6 Å². The van der Waals surface area contributed by atoms with Crippen LogP contribution >= 0.6 is 0 Å². The van der Waals surface area contributed by atoms with Crippen molar-refractivity contribution < 1.29 is 9.18 Å². The molecule has 0 spiro atoms. The molecule has 144 valence electrons. The zero-order chi connectivity index (χ0) is 20.1. The molecule has 0 saturated carbocycles. The van der Waals surface area contributed by atoms with Crippen LogP contribution in [0.1, 0.15) is 21.5 Å². The van der Waals surface area contributed by atoms with Crippen LogP contribution in [0, 0.1) is 17.7 Å². The molecule has 3 aromatic carbocycles. The minimum atomic E-state index is -0.223. The number of carbonyl (C=O) groups excluding carboxylic acids is 1. The summed E-state index contributed by atoms with van der Waals surface area (Å²) in [7, 11) is 0. The fourth-order valence-electron chi connectivity index (χ4n) is 3.40. The molecule has 0 atom stereocenters. The first kappa shape index (κ1) is 18.8. The Morgan fingerprint density at radius 3 is 1.97 bits per heavy atom. The van der Waals surface area contributed by atoms with Crippen LogP contribution in [0.25, 0.3) is 0 Å². The lowest BCUT2D eigenvalue weighted by molar-refractivity contribution is 0.0746. The molecule has 1 amide bonds. The second-order valence-corrected chi connectivity index (χ2v) is 6.92. The molecule has 0 unspecified atom stereocenters. The Hall–Kier alpha value is -3.58. The summed E-state index contributed by atoms with van der Waals surface area (Å²) < 4.78 is 14.0. The lowest BCUT2D eigenvalue weighted by atomic mass is 10.1. The number of nitrogens with zero attached hydrogens (tertiary/aromatic N) is 2. The van der Waals surface area contributed by atoms with Gasteiger partial charge in [0.2, 0.25) is 0 Å². The van der Waals surface area contributed by atoms with Gasteiger partial charge in [-0.1, -0.05) is 42.2 Å². The van der Waals surface area contributed by atoms with E-state index in [2.05, 4.69) is 11.8 Å². The van der Waals surface area contributed by atoms with Gasteiger partial charge in [-0.2, -0.15) is 0 Å². The van der Waals surface area contributed by atoms with Gasteiger partial charge >= 0.3 is 0 Å². The number of rotatable bonds is 2. The minimum Gasteiger partial charge on any atom is -0.366 e. The Morgan fingerprint density at radius 2 is 1.31 bits per heavy atom. The molecule has 4 rings (SSSR count). The molecule has 29 heavy (non-hydrogen) atoms. The summed E-state index contributed by atoms with van der Waals surface area (Å²) >= 11 is 0. The third kappa shape index (κ3) is 4.47. The molecular formula is C25H21FN2O. The van der Waals surface area contributed by atoms with E-state index in [0.29, 0.717) is 37.4 Å². The number of hydrogen-bond acceptors (Lipinski definition) is 2. The van der Waals surface area contributed by atoms with Gasteiger partial charge in [-0.3, -0.25) is 4.79 Å². The molecule has 0 N–H and O–H groups in total. The Morgan fingerprint density at radius 1 is 0.724 bits per heavy atom. The summed E-state index contributed by atoms with van der Waals surface area (Å²) in [5.74, 6) is 6.01. The van der Waals surface area contributed by atoms with Crippen LogP contribution in [-0.2, 0) is 0 Å². The number of piperazine rings is 1. The maximum absolute atomic E-state index is 14.0. The first-order chi connectivity index (χ1) is 14.2. The van der Waals surface area contributed by atoms with Crippen LogP contribution in [0.4, 0.5) is 10.1 Å². The molecular weight excluding hydrogens is 363 g/mol. The molecule has 0 bridgehead atoms. The highest BCUT2D eigenvalue weighted by atomic mass is 19.1. The maximum atomic E-state index is 14.0. The van der Waals surface area contributed by atoms with Crippen molar-refractivity contribution in [1.82, 2.24) is 4.90 Å². The lowest BCUT2D eigenvalue weighted by Gasteiger charge is -2.36. The molecule has 3 nitrogen and oxygen atoms in total. The predicted octanol–water partition coefficient (Wildman–Crippen LogP) is 4.19. The number of halogens is 1. The van der Waals surface area contributed by atoms with E-state index < -0.39 is 0 Å². The van der Waals surface area contributed by atoms with Gasteiger partial charge in [0.05, 0.1) is 5.69 Å². The third-order valence-corrected chi connectivity index (χ3v) is 5.02. The third-order valence-electron chi connectivity index (χ3n) is 5.02. The first-order valence-corrected chi connectivity index (χ1v) is 9.66. The van der Waals surface area contributed by atoms with Gasteiger partial charge < -0.3 is 9.80 Å². The standard InChI is InChI=1S/C25H21FN2O/c26-23-8-4-5-9-24(23)27-16-18-28(19-17-27)25(29)22-14-12-21(13-15-22)11-10-20-6-2-1-3-7-20/h1-9,12-15H,16-19H2. The monoisotopic (exact) mass is 384 g/mol. The summed E-state index contributed by atoms with van der Waals surface area (Å²) in [5.41, 5.74) is 3.07. The van der Waals surface area contributed by atoms with E-state index in [-0.39, 0.29) is 11.7 Å². The van der Waals surface area contributed by atoms with Gasteiger partial charge in [0.15, 0.2) is 0 Å². The molecule has 1 saturated heterocycles. The van der Waals surface area contributed by atoms with Gasteiger partial charge in [0.25, 0.3) is 5.91 Å². The van der Waals surface area contributed by atoms with E-state index in [0.717, 1.165) is 11.1 Å². The zero-order valence-electron chi connectivity index (χ0n) is 16.0. The van der Waals surface area contributed by atoms with Crippen molar-refractivity contribution in [2.75, 3.05) is 31.1 Å². The van der Waals surface area contributed by atoms with Gasteiger partial charge in [-0.25, -0.2) is 4.39 Å². The molecule has 1 heterocycles. The zero-order valence-corrected chi connectivity index (χ0v) is 16.0. The molecule has 1 fully saturated rings. The first-order valence-electron chi connectivity index (χ1n) is 9.66. The van der Waals surface area contributed by atoms with Crippen LogP contribution < -0.4 is 4.90 Å². The molecule has 0 radical (unpaired) electrons. The summed E-state index contributed by atoms with van der Waals surface area (Å²) in [6.45, 7) is 2.38. The molecule has 3 aromatic rings. The van der Waals surface area contributed by atoms with Crippen molar-refractivity contribution in [2.24, 2.45) is 0 Å². The smallest absolute Gasteiger partial charge is 0.253 e. The van der Waals surface area contributed by atoms with Crippen molar-refractivity contribution >= 4 is 11.6 Å². The second kappa shape index (κ2) is 8.62. The number of amides is 1. The summed E-state index contributed by atoms with van der Waals surface area (Å²) in [6.07, 6.45) is 0. The molecule has 0 aromatic heterocycles. The molecule has 0 aliphatic carbocycles. The lowest BCUT2D eigenvalue weighted by Crippen LogP contribution is -2.49. The Labute approximate surface area is 170 Å². The van der Waals surface area contributed by atoms with Crippen LogP contribution in [0.15, 0.2) is 78.9 Å². The predicted molar refractivity (Wildman–Crippen MR) is 113 cm³/mol. The van der Waals surface area contributed by atoms with E-state index >= 15 is 0 Å². The Bertz CT molecular complexity index is 1040. The van der Waals surface area contributed by atoms with Gasteiger partial charge in [0.1, 0.15) is 5.82 Å². The average Bonchev–Trinajstić information content (AvgIpc) is 2.79. The van der Waals surface area contributed by atoms with Crippen LogP contribution in [0.3, 0.4) is 0 Å². The van der Waals surface area contributed by atoms with Crippen LogP contribution in [0.5, 0.6) is 0 Å². The van der Waals surface area contributed by atoms with E-state index in [9.17, 15) is 9.18 Å². The van der Waals surface area contributed by atoms with Crippen molar-refractivity contribution in [3.63, 3.8) is 0 Å². The van der Waals surface area contributed by atoms with Gasteiger partial charge in [-0.05, 0) is 48.5 Å². The van der Waals surface area contributed by atoms with Gasteiger partial charge in [-0.15, -0.1) is 0 Å². The largest absolute Gasteiger partial charge is 0.366 e. The normalized spacial score (nSPS) is 13.6. The number of para-hydroxylation sites is 1. The Kier molecular flexibility index (Phi) is 5.58. The fourth-order valence-corrected chi connectivity index (χ4v) is 3.40. The number of hydrogen-bond donors (Lipinski definition) is 0. The van der Waals surface area contributed by atoms with Crippen LogP contribution in [0.2, 0.25) is 0 Å². The average molecular weight is 384 g/mol. The van der Waals surface area contributed by atoms with Crippen molar-refractivity contribution in [1.29, 1.82) is 0 Å². The minimum absolute atomic E-state index is 0.000696. The highest BCUT2D eigenvalue weighted by Crippen LogP contribution is 2.20. The maximum Gasteiger partial charge on any atom is 0.253 e. The molecule has 4 heteroatoms. The SMILES string of the molecule is O=C(c1ccc(C#Cc2ccccc2)cc1)N1CCN(c2ccccc2F)CC1. The number of anilines is 1. The fraction of sp³-hybridized carbons (Fsp3) is 0.160. The Balaban J connectivity index is 1.38. The van der Waals surface area contributed by atoms with E-state index in [1.165, 1.54) is 6.07 Å². The summed E-state index contributed by atoms with van der Waals surface area (Å²) in [6, 6.07) is 24.0.